The number of H-pyrrole nitrogens is 1. The van der Waals surface area contributed by atoms with Crippen LogP contribution in [0.25, 0.3) is 10.9 Å². The molecule has 2 fully saturated rings. The zero-order chi connectivity index (χ0) is 18.6. The van der Waals surface area contributed by atoms with Crippen molar-refractivity contribution in [2.75, 3.05) is 39.3 Å². The first-order valence-electron chi connectivity index (χ1n) is 10.5. The zero-order valence-corrected chi connectivity index (χ0v) is 16.4. The van der Waals surface area contributed by atoms with Gasteiger partial charge in [-0.2, -0.15) is 0 Å². The van der Waals surface area contributed by atoms with Crippen LogP contribution in [0.15, 0.2) is 24.3 Å². The number of piperidine rings is 1. The molecule has 5 heteroatoms. The van der Waals surface area contributed by atoms with Crippen molar-refractivity contribution >= 4 is 16.8 Å². The molecule has 0 saturated carbocycles. The molecule has 2 aliphatic rings. The highest BCUT2D eigenvalue weighted by atomic mass is 16.5. The van der Waals surface area contributed by atoms with Gasteiger partial charge in [0.25, 0.3) is 5.91 Å². The number of ether oxygens (including phenoxy) is 1. The molecule has 146 valence electrons. The zero-order valence-electron chi connectivity index (χ0n) is 16.4. The van der Waals surface area contributed by atoms with Gasteiger partial charge in [-0.3, -0.25) is 4.79 Å². The molecule has 4 rings (SSSR count). The predicted octanol–water partition coefficient (Wildman–Crippen LogP) is 3.45. The molecule has 2 aromatic rings. The van der Waals surface area contributed by atoms with Gasteiger partial charge in [0.05, 0.1) is 6.10 Å². The van der Waals surface area contributed by atoms with Crippen molar-refractivity contribution in [3.63, 3.8) is 0 Å². The molecule has 1 aromatic heterocycles. The summed E-state index contributed by atoms with van der Waals surface area (Å²) in [6.07, 6.45) is 5.78. The monoisotopic (exact) mass is 369 g/mol. The number of rotatable bonds is 4. The summed E-state index contributed by atoms with van der Waals surface area (Å²) in [5.74, 6) is 0.122. The van der Waals surface area contributed by atoms with Crippen LogP contribution < -0.4 is 0 Å². The highest BCUT2D eigenvalue weighted by molar-refractivity contribution is 6.01. The van der Waals surface area contributed by atoms with E-state index in [4.69, 9.17) is 4.74 Å². The van der Waals surface area contributed by atoms with E-state index in [0.29, 0.717) is 6.54 Å². The maximum absolute atomic E-state index is 13.4. The van der Waals surface area contributed by atoms with Gasteiger partial charge in [-0.05, 0) is 50.4 Å². The lowest BCUT2D eigenvalue weighted by Gasteiger charge is -2.31. The number of nitrogens with one attached hydrogen (secondary N) is 1. The van der Waals surface area contributed by atoms with Gasteiger partial charge in [0.1, 0.15) is 5.69 Å². The lowest BCUT2D eigenvalue weighted by molar-refractivity contribution is 0.0215. The minimum absolute atomic E-state index is 0.115. The van der Waals surface area contributed by atoms with Crippen molar-refractivity contribution in [1.82, 2.24) is 14.8 Å². The van der Waals surface area contributed by atoms with E-state index in [1.54, 1.807) is 0 Å². The molecule has 0 radical (unpaired) electrons. The maximum atomic E-state index is 13.4. The minimum Gasteiger partial charge on any atom is -0.375 e. The van der Waals surface area contributed by atoms with E-state index in [2.05, 4.69) is 28.9 Å². The van der Waals surface area contributed by atoms with E-state index in [9.17, 15) is 4.79 Å². The van der Waals surface area contributed by atoms with E-state index < -0.39 is 0 Å². The van der Waals surface area contributed by atoms with Gasteiger partial charge in [0.15, 0.2) is 0 Å². The van der Waals surface area contributed by atoms with Crippen LogP contribution in [-0.2, 0) is 11.2 Å². The molecule has 1 amide bonds. The number of hydrogen-bond acceptors (Lipinski definition) is 3. The molecule has 2 saturated heterocycles. The van der Waals surface area contributed by atoms with Crippen LogP contribution in [0.5, 0.6) is 0 Å². The fraction of sp³-hybridized carbons (Fsp3) is 0.591. The molecule has 1 atom stereocenters. The number of aromatic nitrogens is 1. The Morgan fingerprint density at radius 1 is 1.15 bits per heavy atom. The van der Waals surface area contributed by atoms with Gasteiger partial charge in [-0.1, -0.05) is 31.5 Å². The van der Waals surface area contributed by atoms with Crippen LogP contribution in [0, 0.1) is 0 Å². The summed E-state index contributed by atoms with van der Waals surface area (Å²) in [5, 5.41) is 1.17. The number of aromatic amines is 1. The van der Waals surface area contributed by atoms with Gasteiger partial charge < -0.3 is 19.5 Å². The van der Waals surface area contributed by atoms with Gasteiger partial charge >= 0.3 is 0 Å². The molecule has 0 aliphatic carbocycles. The number of hydrogen-bond donors (Lipinski definition) is 1. The smallest absolute Gasteiger partial charge is 0.270 e. The fourth-order valence-corrected chi connectivity index (χ4v) is 4.53. The Hall–Kier alpha value is -1.85. The second-order valence-electron chi connectivity index (χ2n) is 7.84. The third kappa shape index (κ3) is 4.04. The summed E-state index contributed by atoms with van der Waals surface area (Å²) in [7, 11) is 0. The summed E-state index contributed by atoms with van der Waals surface area (Å²) in [6.45, 7) is 7.59. The SMILES string of the molecule is CCc1c(C(=O)N2CCCO[C@@H](CN3CCCCC3)C2)[nH]c2ccccc12. The Morgan fingerprint density at radius 2 is 1.96 bits per heavy atom. The van der Waals surface area contributed by atoms with Crippen LogP contribution in [0.1, 0.15) is 48.7 Å². The Labute approximate surface area is 161 Å². The Bertz CT molecular complexity index is 779. The third-order valence-electron chi connectivity index (χ3n) is 5.93. The molecule has 1 N–H and O–H groups in total. The van der Waals surface area contributed by atoms with E-state index in [-0.39, 0.29) is 12.0 Å². The topological polar surface area (TPSA) is 48.6 Å². The van der Waals surface area contributed by atoms with Crippen LogP contribution in [0.2, 0.25) is 0 Å². The third-order valence-corrected chi connectivity index (χ3v) is 5.93. The largest absolute Gasteiger partial charge is 0.375 e. The number of fused-ring (bicyclic) bond motifs is 1. The van der Waals surface area contributed by atoms with Crippen molar-refractivity contribution < 1.29 is 9.53 Å². The Kier molecular flexibility index (Phi) is 5.79. The summed E-state index contributed by atoms with van der Waals surface area (Å²) >= 11 is 0. The number of carbonyl (C=O) groups is 1. The first-order chi connectivity index (χ1) is 13.3. The van der Waals surface area contributed by atoms with Crippen LogP contribution in [0.3, 0.4) is 0 Å². The average molecular weight is 370 g/mol. The molecule has 2 aliphatic heterocycles. The second-order valence-corrected chi connectivity index (χ2v) is 7.84. The van der Waals surface area contributed by atoms with Gasteiger partial charge in [0.2, 0.25) is 0 Å². The van der Waals surface area contributed by atoms with Crippen molar-refractivity contribution in [2.45, 2.75) is 45.1 Å². The maximum Gasteiger partial charge on any atom is 0.270 e. The first-order valence-corrected chi connectivity index (χ1v) is 10.5. The molecular formula is C22H31N3O2. The summed E-state index contributed by atoms with van der Waals surface area (Å²) in [6, 6.07) is 8.21. The van der Waals surface area contributed by atoms with E-state index in [1.165, 1.54) is 24.6 Å². The lowest BCUT2D eigenvalue weighted by Crippen LogP contribution is -2.44. The number of carbonyl (C=O) groups excluding carboxylic acids is 1. The molecule has 27 heavy (non-hydrogen) atoms. The molecule has 0 bridgehead atoms. The van der Waals surface area contributed by atoms with Crippen molar-refractivity contribution in [2.24, 2.45) is 0 Å². The highest BCUT2D eigenvalue weighted by Gasteiger charge is 2.28. The molecule has 0 unspecified atom stereocenters. The lowest BCUT2D eigenvalue weighted by atomic mass is 10.1. The number of likely N-dealkylation sites (tertiary alicyclic amines) is 1. The number of amides is 1. The average Bonchev–Trinajstić information content (AvgIpc) is 2.92. The number of para-hydroxylation sites is 1. The second kappa shape index (κ2) is 8.44. The number of aryl methyl sites for hydroxylation is 1. The summed E-state index contributed by atoms with van der Waals surface area (Å²) < 4.78 is 6.09. The van der Waals surface area contributed by atoms with Crippen LogP contribution in [0.4, 0.5) is 0 Å². The van der Waals surface area contributed by atoms with Gasteiger partial charge in [-0.15, -0.1) is 0 Å². The predicted molar refractivity (Wildman–Crippen MR) is 108 cm³/mol. The van der Waals surface area contributed by atoms with Crippen molar-refractivity contribution in [3.05, 3.63) is 35.5 Å². The van der Waals surface area contributed by atoms with E-state index in [0.717, 1.165) is 62.4 Å². The van der Waals surface area contributed by atoms with E-state index >= 15 is 0 Å². The molecule has 0 spiro atoms. The minimum atomic E-state index is 0.115. The quantitative estimate of drug-likeness (QED) is 0.898. The number of nitrogens with zero attached hydrogens (tertiary/aromatic N) is 2. The molecule has 1 aromatic carbocycles. The van der Waals surface area contributed by atoms with Crippen LogP contribution >= 0.6 is 0 Å². The van der Waals surface area contributed by atoms with Crippen molar-refractivity contribution in [3.8, 4) is 0 Å². The standard InChI is InChI=1S/C22H31N3O2/c1-2-18-19-9-4-5-10-20(19)23-21(18)22(26)25-13-8-14-27-17(16-25)15-24-11-6-3-7-12-24/h4-5,9-10,17,23H,2-3,6-8,11-16H2,1H3/t17-/m0/s1. The summed E-state index contributed by atoms with van der Waals surface area (Å²) in [4.78, 5) is 21.3. The van der Waals surface area contributed by atoms with Crippen molar-refractivity contribution in [1.29, 1.82) is 0 Å². The van der Waals surface area contributed by atoms with Gasteiger partial charge in [0, 0.05) is 37.1 Å². The fourth-order valence-electron chi connectivity index (χ4n) is 4.53. The Morgan fingerprint density at radius 3 is 2.78 bits per heavy atom. The normalized spacial score (nSPS) is 22.1. The van der Waals surface area contributed by atoms with Gasteiger partial charge in [-0.25, -0.2) is 0 Å². The molecule has 5 nitrogen and oxygen atoms in total. The Balaban J connectivity index is 1.51. The first kappa shape index (κ1) is 18.5. The summed E-state index contributed by atoms with van der Waals surface area (Å²) in [5.41, 5.74) is 2.94. The van der Waals surface area contributed by atoms with E-state index in [1.807, 2.05) is 17.0 Å². The number of benzene rings is 1. The molecule has 3 heterocycles. The van der Waals surface area contributed by atoms with Crippen LogP contribution in [-0.4, -0.2) is 66.1 Å². The highest BCUT2D eigenvalue weighted by Crippen LogP contribution is 2.25. The molecular weight excluding hydrogens is 338 g/mol.